The van der Waals surface area contributed by atoms with Crippen LogP contribution in [-0.2, 0) is 4.74 Å². The van der Waals surface area contributed by atoms with Gasteiger partial charge in [0.2, 0.25) is 0 Å². The van der Waals surface area contributed by atoms with E-state index < -0.39 is 0 Å². The molecule has 2 rings (SSSR count). The molecule has 0 bridgehead atoms. The normalized spacial score (nSPS) is 19.1. The Hall–Kier alpha value is -1.03. The van der Waals surface area contributed by atoms with Crippen molar-refractivity contribution in [1.29, 1.82) is 0 Å². The number of aryl methyl sites for hydroxylation is 2. The summed E-state index contributed by atoms with van der Waals surface area (Å²) >= 11 is 0. The van der Waals surface area contributed by atoms with Crippen LogP contribution in [0.2, 0.25) is 0 Å². The van der Waals surface area contributed by atoms with Crippen molar-refractivity contribution in [3.05, 3.63) is 11.4 Å². The van der Waals surface area contributed by atoms with Gasteiger partial charge >= 0.3 is 0 Å². The van der Waals surface area contributed by atoms with Gasteiger partial charge in [-0.2, -0.15) is 5.10 Å². The molecule has 1 aromatic heterocycles. The van der Waals surface area contributed by atoms with Crippen molar-refractivity contribution in [2.24, 2.45) is 5.41 Å². The monoisotopic (exact) mass is 195 g/mol. The molecule has 0 aromatic carbocycles. The highest BCUT2D eigenvalue weighted by atomic mass is 16.5. The third kappa shape index (κ3) is 1.62. The second-order valence-electron chi connectivity index (χ2n) is 4.47. The zero-order chi connectivity index (χ0) is 10.2. The van der Waals surface area contributed by atoms with Crippen LogP contribution in [0.4, 0.5) is 5.69 Å². The summed E-state index contributed by atoms with van der Waals surface area (Å²) in [6.07, 6.45) is 0. The van der Waals surface area contributed by atoms with Crippen LogP contribution in [0.5, 0.6) is 0 Å². The van der Waals surface area contributed by atoms with Gasteiger partial charge in [0, 0.05) is 12.0 Å². The second kappa shape index (κ2) is 3.28. The molecule has 0 amide bonds. The summed E-state index contributed by atoms with van der Waals surface area (Å²) in [4.78, 5) is 0. The zero-order valence-corrected chi connectivity index (χ0v) is 8.98. The lowest BCUT2D eigenvalue weighted by molar-refractivity contribution is -0.0924. The van der Waals surface area contributed by atoms with Crippen molar-refractivity contribution in [1.82, 2.24) is 10.2 Å². The maximum atomic E-state index is 5.20. The predicted molar refractivity (Wildman–Crippen MR) is 55.5 cm³/mol. The molecule has 0 radical (unpaired) electrons. The average molecular weight is 195 g/mol. The molecule has 1 aliphatic rings. The van der Waals surface area contributed by atoms with Crippen LogP contribution in [0.3, 0.4) is 0 Å². The van der Waals surface area contributed by atoms with Gasteiger partial charge in [0.25, 0.3) is 0 Å². The quantitative estimate of drug-likeness (QED) is 0.768. The molecule has 1 fully saturated rings. The highest BCUT2D eigenvalue weighted by molar-refractivity contribution is 5.51. The minimum Gasteiger partial charge on any atom is -0.381 e. The third-order valence-corrected chi connectivity index (χ3v) is 2.72. The lowest BCUT2D eigenvalue weighted by Crippen LogP contribution is -2.45. The number of ether oxygens (including phenoxy) is 1. The number of anilines is 1. The van der Waals surface area contributed by atoms with Crippen molar-refractivity contribution >= 4 is 5.69 Å². The Labute approximate surface area is 84.0 Å². The number of rotatable bonds is 3. The molecule has 1 aliphatic heterocycles. The van der Waals surface area contributed by atoms with E-state index in [9.17, 15) is 0 Å². The zero-order valence-electron chi connectivity index (χ0n) is 8.98. The van der Waals surface area contributed by atoms with Gasteiger partial charge in [0.1, 0.15) is 0 Å². The summed E-state index contributed by atoms with van der Waals surface area (Å²) in [6.45, 7) is 8.93. The molecule has 2 N–H and O–H groups in total. The number of nitrogens with zero attached hydrogens (tertiary/aromatic N) is 1. The topological polar surface area (TPSA) is 49.9 Å². The van der Waals surface area contributed by atoms with Crippen molar-refractivity contribution in [2.45, 2.75) is 20.8 Å². The number of hydrogen-bond donors (Lipinski definition) is 2. The molecule has 0 saturated carbocycles. The second-order valence-corrected chi connectivity index (χ2v) is 4.47. The number of aromatic nitrogens is 2. The first-order chi connectivity index (χ1) is 6.61. The lowest BCUT2D eigenvalue weighted by Gasteiger charge is -2.38. The molecule has 2 heterocycles. The van der Waals surface area contributed by atoms with Crippen molar-refractivity contribution < 1.29 is 4.74 Å². The molecule has 1 aromatic rings. The molecule has 0 aliphatic carbocycles. The van der Waals surface area contributed by atoms with E-state index in [1.165, 1.54) is 0 Å². The van der Waals surface area contributed by atoms with Crippen LogP contribution in [0.1, 0.15) is 18.3 Å². The van der Waals surface area contributed by atoms with Crippen molar-refractivity contribution in [3.63, 3.8) is 0 Å². The number of aromatic amines is 1. The Morgan fingerprint density at radius 1 is 1.50 bits per heavy atom. The first-order valence-electron chi connectivity index (χ1n) is 4.94. The molecular weight excluding hydrogens is 178 g/mol. The standard InChI is InChI=1S/C10H17N3O/c1-7-9(8(2)13-12-7)11-4-10(3)5-14-6-10/h11H,4-6H2,1-3H3,(H,12,13). The Balaban J connectivity index is 1.97. The van der Waals surface area contributed by atoms with E-state index in [1.807, 2.05) is 13.8 Å². The van der Waals surface area contributed by atoms with Gasteiger partial charge in [-0.05, 0) is 13.8 Å². The van der Waals surface area contributed by atoms with Crippen LogP contribution in [-0.4, -0.2) is 30.0 Å². The summed E-state index contributed by atoms with van der Waals surface area (Å²) in [7, 11) is 0. The molecule has 0 spiro atoms. The van der Waals surface area contributed by atoms with Gasteiger partial charge in [-0.25, -0.2) is 0 Å². The predicted octanol–water partition coefficient (Wildman–Crippen LogP) is 1.47. The van der Waals surface area contributed by atoms with Crippen LogP contribution >= 0.6 is 0 Å². The Morgan fingerprint density at radius 3 is 2.64 bits per heavy atom. The fraction of sp³-hybridized carbons (Fsp3) is 0.700. The highest BCUT2D eigenvalue weighted by Gasteiger charge is 2.33. The van der Waals surface area contributed by atoms with Crippen molar-refractivity contribution in [3.8, 4) is 0 Å². The number of nitrogens with one attached hydrogen (secondary N) is 2. The third-order valence-electron chi connectivity index (χ3n) is 2.72. The SMILES string of the molecule is Cc1n[nH]c(C)c1NCC1(C)COC1. The molecule has 0 unspecified atom stereocenters. The molecule has 78 valence electrons. The summed E-state index contributed by atoms with van der Waals surface area (Å²) < 4.78 is 5.20. The van der Waals surface area contributed by atoms with Crippen LogP contribution in [0, 0.1) is 19.3 Å². The summed E-state index contributed by atoms with van der Waals surface area (Å²) in [5.74, 6) is 0. The first kappa shape index (κ1) is 9.52. The van der Waals surface area contributed by atoms with E-state index in [0.717, 1.165) is 36.8 Å². The van der Waals surface area contributed by atoms with Crippen molar-refractivity contribution in [2.75, 3.05) is 25.1 Å². The molecule has 14 heavy (non-hydrogen) atoms. The molecule has 4 nitrogen and oxygen atoms in total. The number of hydrogen-bond acceptors (Lipinski definition) is 3. The summed E-state index contributed by atoms with van der Waals surface area (Å²) in [5, 5.41) is 10.5. The minimum absolute atomic E-state index is 0.302. The van der Waals surface area contributed by atoms with E-state index >= 15 is 0 Å². The van der Waals surface area contributed by atoms with E-state index in [0.29, 0.717) is 5.41 Å². The van der Waals surface area contributed by atoms with Crippen LogP contribution in [0.15, 0.2) is 0 Å². The highest BCUT2D eigenvalue weighted by Crippen LogP contribution is 2.27. The van der Waals surface area contributed by atoms with Crippen LogP contribution < -0.4 is 5.32 Å². The molecule has 1 saturated heterocycles. The van der Waals surface area contributed by atoms with Gasteiger partial charge in [-0.15, -0.1) is 0 Å². The Bertz CT molecular complexity index is 309. The van der Waals surface area contributed by atoms with Gasteiger partial charge < -0.3 is 10.1 Å². The maximum absolute atomic E-state index is 5.20. The van der Waals surface area contributed by atoms with Gasteiger partial charge in [-0.3, -0.25) is 5.10 Å². The van der Waals surface area contributed by atoms with Gasteiger partial charge in [0.15, 0.2) is 0 Å². The summed E-state index contributed by atoms with van der Waals surface area (Å²) in [6, 6.07) is 0. The molecule has 0 atom stereocenters. The Morgan fingerprint density at radius 2 is 2.21 bits per heavy atom. The maximum Gasteiger partial charge on any atom is 0.0825 e. The average Bonchev–Trinajstić information content (AvgIpc) is 2.41. The Kier molecular flexibility index (Phi) is 2.23. The number of H-pyrrole nitrogens is 1. The summed E-state index contributed by atoms with van der Waals surface area (Å²) in [5.41, 5.74) is 3.58. The van der Waals surface area contributed by atoms with Gasteiger partial charge in [-0.1, -0.05) is 6.92 Å². The van der Waals surface area contributed by atoms with E-state index in [1.54, 1.807) is 0 Å². The smallest absolute Gasteiger partial charge is 0.0825 e. The molecular formula is C10H17N3O. The van der Waals surface area contributed by atoms with E-state index in [4.69, 9.17) is 4.74 Å². The molecule has 4 heteroatoms. The minimum atomic E-state index is 0.302. The first-order valence-corrected chi connectivity index (χ1v) is 4.94. The fourth-order valence-corrected chi connectivity index (χ4v) is 1.67. The van der Waals surface area contributed by atoms with E-state index in [2.05, 4.69) is 22.4 Å². The largest absolute Gasteiger partial charge is 0.381 e. The van der Waals surface area contributed by atoms with Gasteiger partial charge in [0.05, 0.1) is 30.3 Å². The fourth-order valence-electron chi connectivity index (χ4n) is 1.67. The van der Waals surface area contributed by atoms with Crippen LogP contribution in [0.25, 0.3) is 0 Å². The lowest BCUT2D eigenvalue weighted by atomic mass is 9.88. The van der Waals surface area contributed by atoms with E-state index in [-0.39, 0.29) is 0 Å².